The van der Waals surface area contributed by atoms with Gasteiger partial charge in [-0.05, 0) is 13.3 Å². The highest BCUT2D eigenvalue weighted by Crippen LogP contribution is 1.92. The van der Waals surface area contributed by atoms with E-state index in [9.17, 15) is 0 Å². The number of ether oxygens (including phenoxy) is 1. The first kappa shape index (κ1) is 10.9. The number of rotatable bonds is 6. The Morgan fingerprint density at radius 3 is 2.55 bits per heavy atom. The van der Waals surface area contributed by atoms with Gasteiger partial charge in [0.2, 0.25) is 0 Å². The highest BCUT2D eigenvalue weighted by Gasteiger charge is 2.07. The van der Waals surface area contributed by atoms with E-state index < -0.39 is 0 Å². The summed E-state index contributed by atoms with van der Waals surface area (Å²) in [6, 6.07) is 0.525. The van der Waals surface area contributed by atoms with E-state index in [1.54, 1.807) is 7.11 Å². The van der Waals surface area contributed by atoms with Gasteiger partial charge in [-0.25, -0.2) is 0 Å². The Morgan fingerprint density at radius 1 is 1.55 bits per heavy atom. The number of hydrogen-bond acceptors (Lipinski definition) is 3. The molecule has 0 radical (unpaired) electrons. The molecule has 0 amide bonds. The molecule has 68 valence electrons. The highest BCUT2D eigenvalue weighted by atomic mass is 16.5. The summed E-state index contributed by atoms with van der Waals surface area (Å²) in [6.45, 7) is 4.98. The van der Waals surface area contributed by atoms with Crippen molar-refractivity contribution in [3.8, 4) is 0 Å². The fraction of sp³-hybridized carbons (Fsp3) is 1.00. The molecule has 0 heterocycles. The molecule has 0 aliphatic carbocycles. The van der Waals surface area contributed by atoms with Gasteiger partial charge in [-0.15, -0.1) is 0 Å². The molecular formula is C8H19NO2. The Balaban J connectivity index is 3.44. The van der Waals surface area contributed by atoms with Crippen LogP contribution in [-0.4, -0.2) is 37.5 Å². The zero-order valence-electron chi connectivity index (χ0n) is 7.63. The summed E-state index contributed by atoms with van der Waals surface area (Å²) in [7, 11) is 1.68. The lowest BCUT2D eigenvalue weighted by atomic mass is 10.2. The van der Waals surface area contributed by atoms with Crippen LogP contribution < -0.4 is 5.32 Å². The van der Waals surface area contributed by atoms with Crippen LogP contribution in [0, 0.1) is 0 Å². The summed E-state index contributed by atoms with van der Waals surface area (Å²) in [5.41, 5.74) is 0. The number of methoxy groups -OCH3 is 1. The zero-order chi connectivity index (χ0) is 8.69. The minimum Gasteiger partial charge on any atom is -0.395 e. The van der Waals surface area contributed by atoms with E-state index in [2.05, 4.69) is 5.32 Å². The van der Waals surface area contributed by atoms with Crippen LogP contribution in [0.5, 0.6) is 0 Å². The first-order chi connectivity index (χ1) is 5.24. The standard InChI is InChI=1S/C8H19NO2/c1-4-8(5-10)9-7(2)6-11-3/h7-10H,4-6H2,1-3H3/t7?,8-/m0/s1. The van der Waals surface area contributed by atoms with Crippen LogP contribution in [0.25, 0.3) is 0 Å². The minimum absolute atomic E-state index is 0.199. The second-order valence-electron chi connectivity index (χ2n) is 2.81. The fourth-order valence-corrected chi connectivity index (χ4v) is 1.00. The third-order valence-corrected chi connectivity index (χ3v) is 1.65. The van der Waals surface area contributed by atoms with Crippen molar-refractivity contribution >= 4 is 0 Å². The molecule has 0 aliphatic heterocycles. The highest BCUT2D eigenvalue weighted by molar-refractivity contribution is 4.68. The third-order valence-electron chi connectivity index (χ3n) is 1.65. The van der Waals surface area contributed by atoms with E-state index in [0.29, 0.717) is 12.6 Å². The van der Waals surface area contributed by atoms with Crippen molar-refractivity contribution in [2.45, 2.75) is 32.4 Å². The van der Waals surface area contributed by atoms with Crippen molar-refractivity contribution in [1.82, 2.24) is 5.32 Å². The summed E-state index contributed by atoms with van der Waals surface area (Å²) >= 11 is 0. The summed E-state index contributed by atoms with van der Waals surface area (Å²) in [5.74, 6) is 0. The van der Waals surface area contributed by atoms with Gasteiger partial charge in [-0.1, -0.05) is 6.92 Å². The topological polar surface area (TPSA) is 41.5 Å². The van der Waals surface area contributed by atoms with Crippen molar-refractivity contribution in [2.75, 3.05) is 20.3 Å². The maximum atomic E-state index is 8.84. The lowest BCUT2D eigenvalue weighted by molar-refractivity contribution is 0.153. The van der Waals surface area contributed by atoms with E-state index >= 15 is 0 Å². The van der Waals surface area contributed by atoms with Crippen LogP contribution in [0.4, 0.5) is 0 Å². The number of nitrogens with one attached hydrogen (secondary N) is 1. The van der Waals surface area contributed by atoms with Crippen molar-refractivity contribution in [3.63, 3.8) is 0 Å². The second-order valence-corrected chi connectivity index (χ2v) is 2.81. The van der Waals surface area contributed by atoms with E-state index in [1.165, 1.54) is 0 Å². The maximum Gasteiger partial charge on any atom is 0.0613 e. The molecule has 0 fully saturated rings. The van der Waals surface area contributed by atoms with Crippen molar-refractivity contribution < 1.29 is 9.84 Å². The molecule has 2 atom stereocenters. The van der Waals surface area contributed by atoms with Gasteiger partial charge in [0.05, 0.1) is 13.2 Å². The van der Waals surface area contributed by atoms with E-state index in [4.69, 9.17) is 9.84 Å². The van der Waals surface area contributed by atoms with Gasteiger partial charge in [-0.3, -0.25) is 0 Å². The van der Waals surface area contributed by atoms with Crippen LogP contribution in [-0.2, 0) is 4.74 Å². The molecule has 0 aromatic rings. The average Bonchev–Trinajstić information content (AvgIpc) is 2.01. The Hall–Kier alpha value is -0.120. The Bertz CT molecular complexity index is 84.2. The predicted octanol–water partition coefficient (Wildman–Crippen LogP) is 0.382. The summed E-state index contributed by atoms with van der Waals surface area (Å²) < 4.78 is 4.95. The van der Waals surface area contributed by atoms with Crippen LogP contribution in [0.1, 0.15) is 20.3 Å². The number of aliphatic hydroxyl groups excluding tert-OH is 1. The van der Waals surface area contributed by atoms with Gasteiger partial charge in [0.15, 0.2) is 0 Å². The monoisotopic (exact) mass is 161 g/mol. The van der Waals surface area contributed by atoms with Crippen LogP contribution in [0.3, 0.4) is 0 Å². The molecule has 2 N–H and O–H groups in total. The molecule has 0 saturated heterocycles. The number of aliphatic hydroxyl groups is 1. The predicted molar refractivity (Wildman–Crippen MR) is 45.6 cm³/mol. The van der Waals surface area contributed by atoms with Gasteiger partial charge in [0.1, 0.15) is 0 Å². The summed E-state index contributed by atoms with van der Waals surface area (Å²) in [5, 5.41) is 12.1. The number of hydrogen-bond donors (Lipinski definition) is 2. The lowest BCUT2D eigenvalue weighted by Gasteiger charge is -2.19. The summed E-state index contributed by atoms with van der Waals surface area (Å²) in [4.78, 5) is 0. The first-order valence-electron chi connectivity index (χ1n) is 4.10. The lowest BCUT2D eigenvalue weighted by Crippen LogP contribution is -2.40. The Labute approximate surface area is 68.8 Å². The largest absolute Gasteiger partial charge is 0.395 e. The van der Waals surface area contributed by atoms with E-state index in [1.807, 2.05) is 13.8 Å². The normalized spacial score (nSPS) is 16.4. The van der Waals surface area contributed by atoms with E-state index in [-0.39, 0.29) is 12.6 Å². The molecule has 11 heavy (non-hydrogen) atoms. The fourth-order valence-electron chi connectivity index (χ4n) is 1.00. The first-order valence-corrected chi connectivity index (χ1v) is 4.10. The van der Waals surface area contributed by atoms with Crippen LogP contribution in [0.2, 0.25) is 0 Å². The van der Waals surface area contributed by atoms with Gasteiger partial charge in [0, 0.05) is 19.2 Å². The van der Waals surface area contributed by atoms with Crippen LogP contribution >= 0.6 is 0 Å². The van der Waals surface area contributed by atoms with Gasteiger partial charge >= 0.3 is 0 Å². The quantitative estimate of drug-likeness (QED) is 0.592. The SMILES string of the molecule is CC[C@@H](CO)NC(C)COC. The maximum absolute atomic E-state index is 8.84. The molecule has 0 rings (SSSR count). The molecule has 3 heteroatoms. The van der Waals surface area contributed by atoms with Gasteiger partial charge in [0.25, 0.3) is 0 Å². The zero-order valence-corrected chi connectivity index (χ0v) is 7.63. The second kappa shape index (κ2) is 6.58. The Morgan fingerprint density at radius 2 is 2.18 bits per heavy atom. The molecular weight excluding hydrogens is 142 g/mol. The van der Waals surface area contributed by atoms with Gasteiger partial charge < -0.3 is 15.2 Å². The van der Waals surface area contributed by atoms with Gasteiger partial charge in [-0.2, -0.15) is 0 Å². The molecule has 0 bridgehead atoms. The average molecular weight is 161 g/mol. The molecule has 0 aliphatic rings. The third kappa shape index (κ3) is 5.18. The van der Waals surface area contributed by atoms with Crippen molar-refractivity contribution in [1.29, 1.82) is 0 Å². The molecule has 0 spiro atoms. The van der Waals surface area contributed by atoms with Crippen molar-refractivity contribution in [2.24, 2.45) is 0 Å². The van der Waals surface area contributed by atoms with E-state index in [0.717, 1.165) is 6.42 Å². The molecule has 0 saturated carbocycles. The molecule has 0 aromatic carbocycles. The van der Waals surface area contributed by atoms with Crippen molar-refractivity contribution in [3.05, 3.63) is 0 Å². The smallest absolute Gasteiger partial charge is 0.0613 e. The molecule has 0 aromatic heterocycles. The van der Waals surface area contributed by atoms with Crippen LogP contribution in [0.15, 0.2) is 0 Å². The minimum atomic E-state index is 0.199. The Kier molecular flexibility index (Phi) is 6.51. The summed E-state index contributed by atoms with van der Waals surface area (Å²) in [6.07, 6.45) is 0.949. The molecule has 3 nitrogen and oxygen atoms in total. The molecule has 1 unspecified atom stereocenters.